The fourth-order valence-corrected chi connectivity index (χ4v) is 5.32. The molecule has 22 heavy (non-hydrogen) atoms. The molecule has 0 aliphatic rings. The quantitative estimate of drug-likeness (QED) is 0.380. The third-order valence-corrected chi connectivity index (χ3v) is 6.68. The van der Waals surface area contributed by atoms with Gasteiger partial charge >= 0.3 is 0 Å². The van der Waals surface area contributed by atoms with E-state index in [9.17, 15) is 4.79 Å². The molecule has 114 valence electrons. The summed E-state index contributed by atoms with van der Waals surface area (Å²) in [5.41, 5.74) is 2.07. The Labute approximate surface area is 141 Å². The van der Waals surface area contributed by atoms with E-state index in [-0.39, 0.29) is 5.78 Å². The van der Waals surface area contributed by atoms with Gasteiger partial charge in [0, 0.05) is 25.6 Å². The number of rotatable bonds is 4. The van der Waals surface area contributed by atoms with E-state index in [4.69, 9.17) is 0 Å². The van der Waals surface area contributed by atoms with Gasteiger partial charge in [-0.3, -0.25) is 4.79 Å². The van der Waals surface area contributed by atoms with Gasteiger partial charge in [0.1, 0.15) is 16.2 Å². The standard InChI is InChI=1S/C16H16N2OS3/c1-8-5-12(11(4)21-8)13(19)6-20-15-14-9(2)10(3)22-16(14)18-7-17-15/h5,7H,6H2,1-4H3. The van der Waals surface area contributed by atoms with Crippen LogP contribution in [0.25, 0.3) is 10.2 Å². The van der Waals surface area contributed by atoms with Crippen molar-refractivity contribution in [2.24, 2.45) is 0 Å². The SMILES string of the molecule is Cc1cc(C(=O)CSc2ncnc3sc(C)c(C)c23)c(C)s1. The van der Waals surface area contributed by atoms with Gasteiger partial charge < -0.3 is 0 Å². The predicted molar refractivity (Wildman–Crippen MR) is 95.7 cm³/mol. The van der Waals surface area contributed by atoms with E-state index in [1.54, 1.807) is 29.0 Å². The molecule has 0 spiro atoms. The summed E-state index contributed by atoms with van der Waals surface area (Å²) >= 11 is 4.86. The van der Waals surface area contributed by atoms with Crippen LogP contribution in [0.5, 0.6) is 0 Å². The normalized spacial score (nSPS) is 11.3. The molecule has 0 aliphatic carbocycles. The van der Waals surface area contributed by atoms with Crippen molar-refractivity contribution >= 4 is 50.4 Å². The number of thioether (sulfide) groups is 1. The number of hydrogen-bond acceptors (Lipinski definition) is 6. The number of aryl methyl sites for hydroxylation is 4. The van der Waals surface area contributed by atoms with Crippen LogP contribution in [0.15, 0.2) is 17.4 Å². The lowest BCUT2D eigenvalue weighted by Crippen LogP contribution is -2.03. The van der Waals surface area contributed by atoms with Crippen molar-refractivity contribution in [3.05, 3.63) is 38.2 Å². The van der Waals surface area contributed by atoms with Crippen molar-refractivity contribution in [2.75, 3.05) is 5.75 Å². The molecule has 0 aromatic carbocycles. The minimum atomic E-state index is 0.170. The monoisotopic (exact) mass is 348 g/mol. The lowest BCUT2D eigenvalue weighted by Gasteiger charge is -2.03. The van der Waals surface area contributed by atoms with Gasteiger partial charge in [0.15, 0.2) is 5.78 Å². The Balaban J connectivity index is 1.85. The molecule has 0 saturated carbocycles. The predicted octanol–water partition coefficient (Wildman–Crippen LogP) is 4.96. The second kappa shape index (κ2) is 6.10. The van der Waals surface area contributed by atoms with Gasteiger partial charge in [-0.1, -0.05) is 11.8 Å². The lowest BCUT2D eigenvalue weighted by atomic mass is 10.2. The van der Waals surface area contributed by atoms with Crippen molar-refractivity contribution < 1.29 is 4.79 Å². The Kier molecular flexibility index (Phi) is 4.34. The number of aromatic nitrogens is 2. The summed E-state index contributed by atoms with van der Waals surface area (Å²) in [6.07, 6.45) is 1.59. The highest BCUT2D eigenvalue weighted by Crippen LogP contribution is 2.34. The first-order valence-corrected chi connectivity index (χ1v) is 9.53. The maximum atomic E-state index is 12.4. The molecule has 0 atom stereocenters. The summed E-state index contributed by atoms with van der Waals surface area (Å²) in [5, 5.41) is 2.01. The second-order valence-corrected chi connectivity index (χ2v) is 8.81. The van der Waals surface area contributed by atoms with E-state index in [2.05, 4.69) is 23.8 Å². The highest BCUT2D eigenvalue weighted by Gasteiger charge is 2.16. The van der Waals surface area contributed by atoms with Crippen molar-refractivity contribution in [3.8, 4) is 0 Å². The minimum Gasteiger partial charge on any atom is -0.293 e. The van der Waals surface area contributed by atoms with Crippen LogP contribution in [0.1, 0.15) is 30.6 Å². The van der Waals surface area contributed by atoms with Crippen LogP contribution in [-0.2, 0) is 0 Å². The van der Waals surface area contributed by atoms with Gasteiger partial charge in [-0.15, -0.1) is 22.7 Å². The van der Waals surface area contributed by atoms with Gasteiger partial charge in [0.25, 0.3) is 0 Å². The molecule has 0 fully saturated rings. The van der Waals surface area contributed by atoms with E-state index in [1.165, 1.54) is 27.1 Å². The van der Waals surface area contributed by atoms with Crippen LogP contribution in [0.4, 0.5) is 0 Å². The average Bonchev–Trinajstić information content (AvgIpc) is 2.96. The first-order valence-electron chi connectivity index (χ1n) is 6.91. The first-order chi connectivity index (χ1) is 10.5. The number of hydrogen-bond donors (Lipinski definition) is 0. The van der Waals surface area contributed by atoms with Gasteiger partial charge in [-0.25, -0.2) is 9.97 Å². The smallest absolute Gasteiger partial charge is 0.174 e. The summed E-state index contributed by atoms with van der Waals surface area (Å²) in [7, 11) is 0. The number of fused-ring (bicyclic) bond motifs is 1. The lowest BCUT2D eigenvalue weighted by molar-refractivity contribution is 0.102. The van der Waals surface area contributed by atoms with Crippen molar-refractivity contribution in [3.63, 3.8) is 0 Å². The van der Waals surface area contributed by atoms with Gasteiger partial charge in [-0.2, -0.15) is 0 Å². The van der Waals surface area contributed by atoms with Gasteiger partial charge in [0.2, 0.25) is 0 Å². The molecule has 3 aromatic rings. The van der Waals surface area contributed by atoms with Crippen LogP contribution in [0, 0.1) is 27.7 Å². The molecule has 0 unspecified atom stereocenters. The molecule has 0 radical (unpaired) electrons. The zero-order valence-electron chi connectivity index (χ0n) is 12.9. The summed E-state index contributed by atoms with van der Waals surface area (Å²) in [6, 6.07) is 1.98. The minimum absolute atomic E-state index is 0.170. The Morgan fingerprint density at radius 1 is 1.14 bits per heavy atom. The molecule has 0 bridgehead atoms. The molecule has 0 aliphatic heterocycles. The fraction of sp³-hybridized carbons (Fsp3) is 0.312. The highest BCUT2D eigenvalue weighted by atomic mass is 32.2. The Morgan fingerprint density at radius 3 is 2.59 bits per heavy atom. The molecule has 0 amide bonds. The van der Waals surface area contributed by atoms with Gasteiger partial charge in [0.05, 0.1) is 5.75 Å². The highest BCUT2D eigenvalue weighted by molar-refractivity contribution is 8.00. The van der Waals surface area contributed by atoms with E-state index in [0.29, 0.717) is 5.75 Å². The number of carbonyl (C=O) groups is 1. The fourth-order valence-electron chi connectivity index (χ4n) is 2.38. The van der Waals surface area contributed by atoms with Crippen LogP contribution < -0.4 is 0 Å². The first kappa shape index (κ1) is 15.6. The summed E-state index contributed by atoms with van der Waals surface area (Å²) in [5.74, 6) is 0.584. The molecule has 3 nitrogen and oxygen atoms in total. The van der Waals surface area contributed by atoms with Crippen molar-refractivity contribution in [1.82, 2.24) is 9.97 Å². The van der Waals surface area contributed by atoms with Crippen LogP contribution in [0.3, 0.4) is 0 Å². The molecule has 3 rings (SSSR count). The van der Waals surface area contributed by atoms with Gasteiger partial charge in [-0.05, 0) is 39.3 Å². The Morgan fingerprint density at radius 2 is 1.91 bits per heavy atom. The number of Topliss-reactive ketones (excluding diaryl/α,β-unsaturated/α-hetero) is 1. The molecular weight excluding hydrogens is 332 g/mol. The van der Waals surface area contributed by atoms with E-state index in [0.717, 1.165) is 25.7 Å². The summed E-state index contributed by atoms with van der Waals surface area (Å²) in [6.45, 7) is 8.23. The Hall–Kier alpha value is -1.24. The number of carbonyl (C=O) groups excluding carboxylic acids is 1. The van der Waals surface area contributed by atoms with Crippen LogP contribution in [0.2, 0.25) is 0 Å². The molecule has 3 aromatic heterocycles. The zero-order chi connectivity index (χ0) is 15.9. The molecule has 0 saturated heterocycles. The topological polar surface area (TPSA) is 42.9 Å². The van der Waals surface area contributed by atoms with E-state index >= 15 is 0 Å². The number of nitrogens with zero attached hydrogens (tertiary/aromatic N) is 2. The number of thiophene rings is 2. The molecular formula is C16H16N2OS3. The summed E-state index contributed by atoms with van der Waals surface area (Å²) < 4.78 is 0. The van der Waals surface area contributed by atoms with Crippen molar-refractivity contribution in [2.45, 2.75) is 32.7 Å². The maximum Gasteiger partial charge on any atom is 0.174 e. The van der Waals surface area contributed by atoms with Crippen molar-refractivity contribution in [1.29, 1.82) is 0 Å². The molecule has 0 N–H and O–H groups in total. The molecule has 3 heterocycles. The largest absolute Gasteiger partial charge is 0.293 e. The third kappa shape index (κ3) is 2.83. The summed E-state index contributed by atoms with van der Waals surface area (Å²) in [4.78, 5) is 25.7. The van der Waals surface area contributed by atoms with Crippen LogP contribution in [-0.4, -0.2) is 21.5 Å². The third-order valence-electron chi connectivity index (χ3n) is 3.61. The van der Waals surface area contributed by atoms with E-state index in [1.807, 2.05) is 19.9 Å². The van der Waals surface area contributed by atoms with E-state index < -0.39 is 0 Å². The van der Waals surface area contributed by atoms with Crippen LogP contribution >= 0.6 is 34.4 Å². The molecule has 6 heteroatoms. The maximum absolute atomic E-state index is 12.4. The average molecular weight is 349 g/mol. The number of ketones is 1. The second-order valence-electron chi connectivity index (χ2n) is 5.18. The Bertz CT molecular complexity index is 864. The zero-order valence-corrected chi connectivity index (χ0v) is 15.3.